The van der Waals surface area contributed by atoms with E-state index in [2.05, 4.69) is 0 Å². The van der Waals surface area contributed by atoms with Gasteiger partial charge in [-0.15, -0.1) is 0 Å². The van der Waals surface area contributed by atoms with Crippen LogP contribution in [0.3, 0.4) is 0 Å². The van der Waals surface area contributed by atoms with Gasteiger partial charge in [0.2, 0.25) is 0 Å². The summed E-state index contributed by atoms with van der Waals surface area (Å²) < 4.78 is 0. The molecule has 1 fully saturated rings. The first-order chi connectivity index (χ1) is 5.88. The molecule has 0 aromatic heterocycles. The summed E-state index contributed by atoms with van der Waals surface area (Å²) >= 11 is 0. The van der Waals surface area contributed by atoms with Crippen molar-refractivity contribution in [2.24, 2.45) is 11.8 Å². The number of carbonyl (C=O) groups is 1. The Morgan fingerprint density at radius 3 is 2.58 bits per heavy atom. The van der Waals surface area contributed by atoms with Crippen molar-refractivity contribution < 1.29 is 4.79 Å². The van der Waals surface area contributed by atoms with E-state index in [0.717, 1.165) is 18.8 Å². The summed E-state index contributed by atoms with van der Waals surface area (Å²) in [7, 11) is 0. The van der Waals surface area contributed by atoms with Crippen LogP contribution >= 0.6 is 0 Å². The van der Waals surface area contributed by atoms with Gasteiger partial charge in [0.1, 0.15) is 0 Å². The van der Waals surface area contributed by atoms with E-state index >= 15 is 0 Å². The van der Waals surface area contributed by atoms with E-state index in [1.165, 1.54) is 25.7 Å². The van der Waals surface area contributed by atoms with Crippen molar-refractivity contribution in [1.82, 2.24) is 0 Å². The summed E-state index contributed by atoms with van der Waals surface area (Å²) in [5.74, 6) is 1.51. The molecule has 0 radical (unpaired) electrons. The Bertz CT molecular complexity index is 199. The van der Waals surface area contributed by atoms with Gasteiger partial charge in [-0.2, -0.15) is 0 Å². The van der Waals surface area contributed by atoms with E-state index in [1.54, 1.807) is 6.08 Å². The first-order valence-electron chi connectivity index (χ1n) is 5.08. The summed E-state index contributed by atoms with van der Waals surface area (Å²) in [5.41, 5.74) is 0. The molecule has 66 valence electrons. The van der Waals surface area contributed by atoms with Gasteiger partial charge < -0.3 is 0 Å². The third-order valence-corrected chi connectivity index (χ3v) is 3.26. The number of ketones is 1. The van der Waals surface area contributed by atoms with Crippen LogP contribution in [0.25, 0.3) is 0 Å². The molecule has 0 aliphatic heterocycles. The van der Waals surface area contributed by atoms with Gasteiger partial charge in [-0.05, 0) is 37.7 Å². The van der Waals surface area contributed by atoms with Crippen LogP contribution in [0.4, 0.5) is 0 Å². The van der Waals surface area contributed by atoms with E-state index in [4.69, 9.17) is 0 Å². The quantitative estimate of drug-likeness (QED) is 0.582. The van der Waals surface area contributed by atoms with Crippen molar-refractivity contribution in [2.75, 3.05) is 0 Å². The van der Waals surface area contributed by atoms with E-state index in [1.807, 2.05) is 6.08 Å². The second-order valence-corrected chi connectivity index (χ2v) is 4.03. The standard InChI is InChI=1S/C11H16O/c12-11-8-4-3-7-10(11)9-5-1-2-6-9/h4,8-10H,1-3,5-7H2. The van der Waals surface area contributed by atoms with E-state index in [0.29, 0.717) is 11.7 Å². The van der Waals surface area contributed by atoms with E-state index in [9.17, 15) is 4.79 Å². The van der Waals surface area contributed by atoms with Crippen molar-refractivity contribution in [3.63, 3.8) is 0 Å². The fourth-order valence-corrected chi connectivity index (χ4v) is 2.57. The van der Waals surface area contributed by atoms with Crippen LogP contribution in [0.15, 0.2) is 12.2 Å². The second-order valence-electron chi connectivity index (χ2n) is 4.03. The highest BCUT2D eigenvalue weighted by Crippen LogP contribution is 2.35. The molecule has 0 heterocycles. The molecule has 0 bridgehead atoms. The fraction of sp³-hybridized carbons (Fsp3) is 0.727. The zero-order valence-corrected chi connectivity index (χ0v) is 7.46. The Kier molecular flexibility index (Phi) is 2.29. The number of allylic oxidation sites excluding steroid dienone is 2. The molecule has 1 unspecified atom stereocenters. The normalized spacial score (nSPS) is 31.3. The van der Waals surface area contributed by atoms with Crippen LogP contribution in [-0.2, 0) is 4.79 Å². The number of rotatable bonds is 1. The predicted octanol–water partition coefficient (Wildman–Crippen LogP) is 2.71. The molecule has 1 saturated carbocycles. The molecule has 2 aliphatic rings. The minimum atomic E-state index is 0.387. The monoisotopic (exact) mass is 164 g/mol. The van der Waals surface area contributed by atoms with E-state index < -0.39 is 0 Å². The molecule has 0 aromatic carbocycles. The fourth-order valence-electron chi connectivity index (χ4n) is 2.57. The summed E-state index contributed by atoms with van der Waals surface area (Å²) in [6.07, 6.45) is 11.3. The maximum Gasteiger partial charge on any atom is 0.158 e. The Morgan fingerprint density at radius 1 is 1.17 bits per heavy atom. The lowest BCUT2D eigenvalue weighted by atomic mass is 9.81. The smallest absolute Gasteiger partial charge is 0.158 e. The lowest BCUT2D eigenvalue weighted by molar-refractivity contribution is -0.120. The van der Waals surface area contributed by atoms with E-state index in [-0.39, 0.29) is 0 Å². The van der Waals surface area contributed by atoms with Crippen molar-refractivity contribution in [3.8, 4) is 0 Å². The van der Waals surface area contributed by atoms with Gasteiger partial charge in [0.15, 0.2) is 5.78 Å². The molecular formula is C11H16O. The number of carbonyl (C=O) groups excluding carboxylic acids is 1. The lowest BCUT2D eigenvalue weighted by Gasteiger charge is -2.22. The maximum atomic E-state index is 11.5. The SMILES string of the molecule is O=C1C=CCCC1C1CCCC1. The zero-order chi connectivity index (χ0) is 8.39. The summed E-state index contributed by atoms with van der Waals surface area (Å²) in [5, 5.41) is 0. The highest BCUT2D eigenvalue weighted by Gasteiger charge is 2.29. The van der Waals surface area contributed by atoms with Gasteiger partial charge in [-0.3, -0.25) is 4.79 Å². The van der Waals surface area contributed by atoms with Crippen LogP contribution in [0, 0.1) is 11.8 Å². The molecule has 0 aromatic rings. The molecule has 0 spiro atoms. The van der Waals surface area contributed by atoms with Crippen LogP contribution in [0.1, 0.15) is 38.5 Å². The largest absolute Gasteiger partial charge is 0.295 e. The molecule has 0 N–H and O–H groups in total. The molecule has 0 amide bonds. The third-order valence-electron chi connectivity index (χ3n) is 3.26. The van der Waals surface area contributed by atoms with Gasteiger partial charge in [0.25, 0.3) is 0 Å². The second kappa shape index (κ2) is 3.42. The van der Waals surface area contributed by atoms with Gasteiger partial charge >= 0.3 is 0 Å². The average molecular weight is 164 g/mol. The number of hydrogen-bond acceptors (Lipinski definition) is 1. The molecule has 1 nitrogen and oxygen atoms in total. The first-order valence-corrected chi connectivity index (χ1v) is 5.08. The van der Waals surface area contributed by atoms with Gasteiger partial charge in [-0.25, -0.2) is 0 Å². The van der Waals surface area contributed by atoms with Crippen LogP contribution in [0.2, 0.25) is 0 Å². The van der Waals surface area contributed by atoms with Crippen LogP contribution in [0.5, 0.6) is 0 Å². The van der Waals surface area contributed by atoms with Gasteiger partial charge in [0.05, 0.1) is 0 Å². The first kappa shape index (κ1) is 8.03. The summed E-state index contributed by atoms with van der Waals surface area (Å²) in [6.45, 7) is 0. The molecule has 0 saturated heterocycles. The molecular weight excluding hydrogens is 148 g/mol. The third kappa shape index (κ3) is 1.45. The zero-order valence-electron chi connectivity index (χ0n) is 7.46. The summed E-state index contributed by atoms with van der Waals surface area (Å²) in [6, 6.07) is 0. The molecule has 1 heteroatoms. The predicted molar refractivity (Wildman–Crippen MR) is 48.8 cm³/mol. The van der Waals surface area contributed by atoms with Crippen molar-refractivity contribution in [1.29, 1.82) is 0 Å². The lowest BCUT2D eigenvalue weighted by Crippen LogP contribution is -2.22. The molecule has 1 atom stereocenters. The van der Waals surface area contributed by atoms with Crippen molar-refractivity contribution in [2.45, 2.75) is 38.5 Å². The highest BCUT2D eigenvalue weighted by molar-refractivity contribution is 5.92. The number of hydrogen-bond donors (Lipinski definition) is 0. The minimum Gasteiger partial charge on any atom is -0.295 e. The Balaban J connectivity index is 2.02. The van der Waals surface area contributed by atoms with Crippen LogP contribution in [-0.4, -0.2) is 5.78 Å². The van der Waals surface area contributed by atoms with Gasteiger partial charge in [-0.1, -0.05) is 18.9 Å². The minimum absolute atomic E-state index is 0.387. The van der Waals surface area contributed by atoms with Crippen LogP contribution < -0.4 is 0 Å². The highest BCUT2D eigenvalue weighted by atomic mass is 16.1. The Labute approximate surface area is 73.8 Å². The Morgan fingerprint density at radius 2 is 1.92 bits per heavy atom. The molecule has 2 rings (SSSR count). The molecule has 12 heavy (non-hydrogen) atoms. The Hall–Kier alpha value is -0.590. The average Bonchev–Trinajstić information content (AvgIpc) is 2.57. The maximum absolute atomic E-state index is 11.5. The summed E-state index contributed by atoms with van der Waals surface area (Å²) in [4.78, 5) is 11.5. The van der Waals surface area contributed by atoms with Crippen molar-refractivity contribution in [3.05, 3.63) is 12.2 Å². The molecule has 2 aliphatic carbocycles. The van der Waals surface area contributed by atoms with Gasteiger partial charge in [0, 0.05) is 5.92 Å². The topological polar surface area (TPSA) is 17.1 Å². The van der Waals surface area contributed by atoms with Crippen molar-refractivity contribution >= 4 is 5.78 Å².